The van der Waals surface area contributed by atoms with E-state index >= 15 is 0 Å². The van der Waals surface area contributed by atoms with Gasteiger partial charge in [-0.1, -0.05) is 25.5 Å². The summed E-state index contributed by atoms with van der Waals surface area (Å²) in [6.07, 6.45) is 2.39. The van der Waals surface area contributed by atoms with E-state index in [0.717, 1.165) is 39.2 Å². The Morgan fingerprint density at radius 1 is 0.913 bits per heavy atom. The molecule has 2 aromatic rings. The summed E-state index contributed by atoms with van der Waals surface area (Å²) in [5, 5.41) is 19.5. The van der Waals surface area contributed by atoms with Crippen LogP contribution in [0.1, 0.15) is 30.9 Å². The molecule has 0 unspecified atom stereocenters. The van der Waals surface area contributed by atoms with Crippen LogP contribution < -0.4 is 5.73 Å². The van der Waals surface area contributed by atoms with Gasteiger partial charge in [0.2, 0.25) is 0 Å². The van der Waals surface area contributed by atoms with E-state index in [4.69, 9.17) is 5.73 Å². The molecule has 0 saturated carbocycles. The van der Waals surface area contributed by atoms with Gasteiger partial charge in [0, 0.05) is 28.6 Å². The Bertz CT molecular complexity index is 554. The SMILES string of the molecule is CCCCN.Cc1ccc(O)c([SH+]c2cc(C)ccc2O)c1.[Ni]. The van der Waals surface area contributed by atoms with Gasteiger partial charge in [-0.2, -0.15) is 0 Å². The molecule has 23 heavy (non-hydrogen) atoms. The number of hydrogen-bond donors (Lipinski definition) is 3. The van der Waals surface area contributed by atoms with E-state index < -0.39 is 0 Å². The third kappa shape index (κ3) is 7.78. The van der Waals surface area contributed by atoms with Crippen LogP contribution >= 0.6 is 0 Å². The molecule has 0 aromatic heterocycles. The van der Waals surface area contributed by atoms with Crippen molar-refractivity contribution in [2.75, 3.05) is 6.54 Å². The minimum Gasteiger partial charge on any atom is -0.503 e. The largest absolute Gasteiger partial charge is 0.503 e. The molecule has 2 rings (SSSR count). The number of rotatable bonds is 4. The zero-order valence-electron chi connectivity index (χ0n) is 13.8. The van der Waals surface area contributed by atoms with Gasteiger partial charge in [0.05, 0.1) is 11.8 Å². The zero-order valence-corrected chi connectivity index (χ0v) is 15.7. The number of phenols is 2. The van der Waals surface area contributed by atoms with Crippen molar-refractivity contribution in [2.24, 2.45) is 5.73 Å². The van der Waals surface area contributed by atoms with Crippen LogP contribution in [-0.4, -0.2) is 16.8 Å². The van der Waals surface area contributed by atoms with Crippen LogP contribution in [0.2, 0.25) is 0 Å². The van der Waals surface area contributed by atoms with E-state index in [0.29, 0.717) is 0 Å². The average Bonchev–Trinajstić information content (AvgIpc) is 2.48. The molecule has 0 radical (unpaired) electrons. The van der Waals surface area contributed by atoms with Gasteiger partial charge < -0.3 is 15.9 Å². The third-order valence-electron chi connectivity index (χ3n) is 3.06. The van der Waals surface area contributed by atoms with Crippen LogP contribution in [-0.2, 0) is 28.3 Å². The Kier molecular flexibility index (Phi) is 10.8. The van der Waals surface area contributed by atoms with Gasteiger partial charge in [0.1, 0.15) is 0 Å². The van der Waals surface area contributed by atoms with Crippen molar-refractivity contribution < 1.29 is 26.7 Å². The molecular weight excluding hydrogens is 353 g/mol. The quantitative estimate of drug-likeness (QED) is 0.431. The van der Waals surface area contributed by atoms with E-state index in [1.54, 1.807) is 12.1 Å². The Morgan fingerprint density at radius 2 is 1.35 bits per heavy atom. The van der Waals surface area contributed by atoms with Crippen molar-refractivity contribution >= 4 is 11.8 Å². The van der Waals surface area contributed by atoms with Crippen LogP contribution in [0.3, 0.4) is 0 Å². The van der Waals surface area contributed by atoms with E-state index in [-0.39, 0.29) is 28.0 Å². The minimum absolute atomic E-state index is 0. The van der Waals surface area contributed by atoms with Crippen LogP contribution in [0.4, 0.5) is 0 Å². The van der Waals surface area contributed by atoms with Crippen LogP contribution in [0, 0.1) is 13.8 Å². The summed E-state index contributed by atoms with van der Waals surface area (Å²) in [6, 6.07) is 11.0. The summed E-state index contributed by atoms with van der Waals surface area (Å²) in [6.45, 7) is 6.94. The summed E-state index contributed by atoms with van der Waals surface area (Å²) in [5.74, 6) is 0.524. The number of unbranched alkanes of at least 4 members (excludes halogenated alkanes) is 1. The number of hydrogen-bond acceptors (Lipinski definition) is 3. The molecule has 0 amide bonds. The molecule has 0 heterocycles. The normalized spacial score (nSPS) is 9.57. The summed E-state index contributed by atoms with van der Waals surface area (Å²) >= 11 is 0.818. The molecule has 4 N–H and O–H groups in total. The average molecular weight is 379 g/mol. The second-order valence-electron chi connectivity index (χ2n) is 5.24. The van der Waals surface area contributed by atoms with Crippen LogP contribution in [0.15, 0.2) is 46.2 Å². The molecule has 5 heteroatoms. The topological polar surface area (TPSA) is 66.5 Å². The first kappa shape index (κ1) is 21.8. The summed E-state index contributed by atoms with van der Waals surface area (Å²) in [5.41, 5.74) is 7.33. The monoisotopic (exact) mass is 378 g/mol. The molecule has 0 bridgehead atoms. The maximum atomic E-state index is 9.77. The molecule has 0 aliphatic heterocycles. The Labute approximate surface area is 153 Å². The fraction of sp³-hybridized carbons (Fsp3) is 0.333. The number of aryl methyl sites for hydroxylation is 2. The molecule has 0 atom stereocenters. The molecule has 2 aromatic carbocycles. The zero-order chi connectivity index (χ0) is 16.5. The van der Waals surface area contributed by atoms with Crippen molar-refractivity contribution in [3.63, 3.8) is 0 Å². The summed E-state index contributed by atoms with van der Waals surface area (Å²) in [4.78, 5) is 1.62. The van der Waals surface area contributed by atoms with Gasteiger partial charge in [-0.25, -0.2) is 0 Å². The van der Waals surface area contributed by atoms with Crippen molar-refractivity contribution in [3.8, 4) is 11.5 Å². The second-order valence-corrected chi connectivity index (χ2v) is 6.43. The molecule has 0 aliphatic carbocycles. The second kappa shape index (κ2) is 11.4. The maximum Gasteiger partial charge on any atom is 0.200 e. The smallest absolute Gasteiger partial charge is 0.200 e. The predicted octanol–water partition coefficient (Wildman–Crippen LogP) is 3.69. The first-order chi connectivity index (χ1) is 10.5. The van der Waals surface area contributed by atoms with Crippen molar-refractivity contribution in [2.45, 2.75) is 43.4 Å². The summed E-state index contributed by atoms with van der Waals surface area (Å²) in [7, 11) is 0. The number of nitrogens with two attached hydrogens (primary N) is 1. The molecule has 0 fully saturated rings. The fourth-order valence-electron chi connectivity index (χ4n) is 1.78. The van der Waals surface area contributed by atoms with E-state index in [2.05, 4.69) is 6.92 Å². The molecule has 0 aliphatic rings. The van der Waals surface area contributed by atoms with E-state index in [1.807, 2.05) is 38.1 Å². The fourth-order valence-corrected chi connectivity index (χ4v) is 2.95. The van der Waals surface area contributed by atoms with Gasteiger partial charge in [0.25, 0.3) is 0 Å². The molecule has 3 nitrogen and oxygen atoms in total. The van der Waals surface area contributed by atoms with Gasteiger partial charge in [-0.15, -0.1) is 0 Å². The number of benzene rings is 2. The van der Waals surface area contributed by atoms with Gasteiger partial charge >= 0.3 is 0 Å². The predicted molar refractivity (Wildman–Crippen MR) is 94.9 cm³/mol. The first-order valence-corrected chi connectivity index (χ1v) is 8.38. The van der Waals surface area contributed by atoms with E-state index in [1.165, 1.54) is 12.8 Å². The molecule has 0 spiro atoms. The molecular formula is C18H26NNiO2S+. The van der Waals surface area contributed by atoms with Crippen molar-refractivity contribution in [3.05, 3.63) is 47.5 Å². The maximum absolute atomic E-state index is 9.77. The van der Waals surface area contributed by atoms with Crippen LogP contribution in [0.5, 0.6) is 11.5 Å². The van der Waals surface area contributed by atoms with Gasteiger partial charge in [-0.3, -0.25) is 0 Å². The minimum atomic E-state index is 0. The number of aromatic hydroxyl groups is 2. The van der Waals surface area contributed by atoms with Crippen molar-refractivity contribution in [1.82, 2.24) is 0 Å². The standard InChI is InChI=1S/C14H14O2S.C4H11N.Ni/c1-9-3-5-11(15)13(7-9)17-14-8-10(2)4-6-12(14)16;1-2-3-4-5;/h3-8,15-16H,1-2H3;2-5H2,1H3;/p+1. The number of thiol groups is 1. The Morgan fingerprint density at radius 3 is 1.65 bits per heavy atom. The van der Waals surface area contributed by atoms with Gasteiger partial charge in [0.15, 0.2) is 21.3 Å². The Balaban J connectivity index is 0.000000709. The van der Waals surface area contributed by atoms with E-state index in [9.17, 15) is 10.2 Å². The molecule has 0 saturated heterocycles. The third-order valence-corrected chi connectivity index (χ3v) is 4.26. The van der Waals surface area contributed by atoms with Crippen molar-refractivity contribution in [1.29, 1.82) is 0 Å². The number of phenolic OH excluding ortho intramolecular Hbond substituents is 2. The Hall–Kier alpha value is -1.16. The first-order valence-electron chi connectivity index (χ1n) is 7.49. The van der Waals surface area contributed by atoms with Gasteiger partial charge in [-0.05, 0) is 50.1 Å². The van der Waals surface area contributed by atoms with Crippen LogP contribution in [0.25, 0.3) is 0 Å². The summed E-state index contributed by atoms with van der Waals surface area (Å²) < 4.78 is 0. The molecule has 130 valence electrons.